The van der Waals surface area contributed by atoms with E-state index in [1.807, 2.05) is 30.3 Å². The summed E-state index contributed by atoms with van der Waals surface area (Å²) in [7, 11) is 0. The van der Waals surface area contributed by atoms with Crippen LogP contribution in [0.25, 0.3) is 11.5 Å². The maximum absolute atomic E-state index is 12.5. The van der Waals surface area contributed by atoms with E-state index >= 15 is 0 Å². The Morgan fingerprint density at radius 3 is 2.32 bits per heavy atom. The fourth-order valence-electron chi connectivity index (χ4n) is 2.41. The Bertz CT molecular complexity index is 851. The lowest BCUT2D eigenvalue weighted by Crippen LogP contribution is -2.51. The molecule has 1 saturated heterocycles. The first-order valence-corrected chi connectivity index (χ1v) is 7.42. The summed E-state index contributed by atoms with van der Waals surface area (Å²) < 4.78 is 41.1. The Kier molecular flexibility index (Phi) is 3.85. The predicted octanol–water partition coefficient (Wildman–Crippen LogP) is 2.77. The minimum Gasteiger partial charge on any atom is -0.447 e. The summed E-state index contributed by atoms with van der Waals surface area (Å²) in [5.41, 5.74) is 0.661. The van der Waals surface area contributed by atoms with E-state index in [1.165, 1.54) is 12.4 Å². The molecule has 25 heavy (non-hydrogen) atoms. The Labute approximate surface area is 140 Å². The van der Waals surface area contributed by atoms with Gasteiger partial charge in [0.1, 0.15) is 0 Å². The summed E-state index contributed by atoms with van der Waals surface area (Å²) in [5, 5.41) is 6.82. The van der Waals surface area contributed by atoms with Crippen molar-refractivity contribution >= 4 is 0 Å². The third-order valence-corrected chi connectivity index (χ3v) is 3.76. The zero-order valence-electron chi connectivity index (χ0n) is 12.8. The van der Waals surface area contributed by atoms with Crippen molar-refractivity contribution in [2.24, 2.45) is 0 Å². The van der Waals surface area contributed by atoms with Crippen molar-refractivity contribution in [1.82, 2.24) is 20.2 Å². The summed E-state index contributed by atoms with van der Waals surface area (Å²) in [5.74, 6) is -0.823. The fraction of sp³-hybridized carbons (Fsp3) is 0.250. The second kappa shape index (κ2) is 6.17. The van der Waals surface area contributed by atoms with E-state index in [4.69, 9.17) is 13.9 Å². The van der Waals surface area contributed by atoms with Gasteiger partial charge in [-0.25, -0.2) is 9.97 Å². The summed E-state index contributed by atoms with van der Waals surface area (Å²) in [6.07, 6.45) is -0.0683. The standard InChI is InChI=1S/C16H12F2N4O3/c17-12(18)14-22-21-13(24-14)10-6-19-15(20-7-10)25-16(8-23-9-16)11-4-2-1-3-5-11/h1-7,12H,8-9H2. The number of aromatic nitrogens is 4. The molecule has 0 spiro atoms. The van der Waals surface area contributed by atoms with Crippen molar-refractivity contribution in [2.75, 3.05) is 13.2 Å². The van der Waals surface area contributed by atoms with E-state index in [0.29, 0.717) is 18.8 Å². The summed E-state index contributed by atoms with van der Waals surface area (Å²) in [6, 6.07) is 9.78. The molecule has 7 nitrogen and oxygen atoms in total. The Hall–Kier alpha value is -2.94. The Balaban J connectivity index is 1.54. The van der Waals surface area contributed by atoms with Crippen LogP contribution in [0.15, 0.2) is 47.1 Å². The molecule has 1 aromatic carbocycles. The van der Waals surface area contributed by atoms with Gasteiger partial charge in [-0.05, 0) is 0 Å². The first-order chi connectivity index (χ1) is 12.2. The monoisotopic (exact) mass is 346 g/mol. The molecule has 9 heteroatoms. The molecule has 0 bridgehead atoms. The zero-order valence-corrected chi connectivity index (χ0v) is 12.8. The molecule has 3 heterocycles. The molecule has 2 aromatic heterocycles. The molecule has 1 aliphatic heterocycles. The van der Waals surface area contributed by atoms with Crippen LogP contribution in [-0.2, 0) is 10.3 Å². The first kappa shape index (κ1) is 15.6. The molecule has 0 unspecified atom stereocenters. The van der Waals surface area contributed by atoms with Gasteiger partial charge in [0.25, 0.3) is 11.8 Å². The van der Waals surface area contributed by atoms with E-state index in [9.17, 15) is 8.78 Å². The van der Waals surface area contributed by atoms with Gasteiger partial charge in [-0.2, -0.15) is 8.78 Å². The molecule has 1 fully saturated rings. The van der Waals surface area contributed by atoms with E-state index < -0.39 is 17.9 Å². The van der Waals surface area contributed by atoms with Crippen LogP contribution in [0.4, 0.5) is 8.78 Å². The lowest BCUT2D eigenvalue weighted by molar-refractivity contribution is -0.171. The third-order valence-electron chi connectivity index (χ3n) is 3.76. The topological polar surface area (TPSA) is 83.2 Å². The first-order valence-electron chi connectivity index (χ1n) is 7.42. The van der Waals surface area contributed by atoms with Crippen molar-refractivity contribution in [3.63, 3.8) is 0 Å². The van der Waals surface area contributed by atoms with Gasteiger partial charge < -0.3 is 13.9 Å². The highest BCUT2D eigenvalue weighted by molar-refractivity contribution is 5.49. The predicted molar refractivity (Wildman–Crippen MR) is 79.8 cm³/mol. The van der Waals surface area contributed by atoms with Crippen LogP contribution in [0, 0.1) is 0 Å². The van der Waals surface area contributed by atoms with Crippen molar-refractivity contribution < 1.29 is 22.7 Å². The number of halogens is 2. The number of hydrogen-bond donors (Lipinski definition) is 0. The molecule has 0 atom stereocenters. The van der Waals surface area contributed by atoms with Crippen molar-refractivity contribution in [2.45, 2.75) is 12.0 Å². The minimum atomic E-state index is -2.82. The van der Waals surface area contributed by atoms with Crippen LogP contribution in [0.3, 0.4) is 0 Å². The van der Waals surface area contributed by atoms with Gasteiger partial charge in [-0.15, -0.1) is 10.2 Å². The maximum atomic E-state index is 12.5. The number of nitrogens with zero attached hydrogens (tertiary/aromatic N) is 4. The lowest BCUT2D eigenvalue weighted by atomic mass is 9.92. The summed E-state index contributed by atoms with van der Waals surface area (Å²) in [4.78, 5) is 8.19. The average Bonchev–Trinajstić information content (AvgIpc) is 3.10. The number of hydrogen-bond acceptors (Lipinski definition) is 7. The van der Waals surface area contributed by atoms with Crippen LogP contribution in [-0.4, -0.2) is 33.4 Å². The average molecular weight is 346 g/mol. The van der Waals surface area contributed by atoms with E-state index in [2.05, 4.69) is 20.2 Å². The lowest BCUT2D eigenvalue weighted by Gasteiger charge is -2.40. The highest BCUT2D eigenvalue weighted by Crippen LogP contribution is 2.34. The fourth-order valence-corrected chi connectivity index (χ4v) is 2.41. The Morgan fingerprint density at radius 2 is 1.76 bits per heavy atom. The van der Waals surface area contributed by atoms with Crippen molar-refractivity contribution in [3.05, 3.63) is 54.2 Å². The van der Waals surface area contributed by atoms with Gasteiger partial charge in [-0.3, -0.25) is 0 Å². The largest absolute Gasteiger partial charge is 0.447 e. The van der Waals surface area contributed by atoms with E-state index in [0.717, 1.165) is 5.56 Å². The molecule has 0 radical (unpaired) electrons. The number of ether oxygens (including phenoxy) is 2. The second-order valence-corrected chi connectivity index (χ2v) is 5.46. The highest BCUT2D eigenvalue weighted by Gasteiger charge is 2.43. The quantitative estimate of drug-likeness (QED) is 0.702. The highest BCUT2D eigenvalue weighted by atomic mass is 19.3. The van der Waals surface area contributed by atoms with Crippen LogP contribution in [0.5, 0.6) is 6.01 Å². The molecular formula is C16H12F2N4O3. The molecule has 4 rings (SSSR count). The molecule has 128 valence electrons. The molecule has 1 aliphatic rings. The van der Waals surface area contributed by atoms with E-state index in [-0.39, 0.29) is 11.9 Å². The van der Waals surface area contributed by atoms with Crippen molar-refractivity contribution in [3.8, 4) is 17.5 Å². The van der Waals surface area contributed by atoms with Crippen LogP contribution in [0.2, 0.25) is 0 Å². The third kappa shape index (κ3) is 2.93. The molecule has 0 amide bonds. The van der Waals surface area contributed by atoms with Gasteiger partial charge >= 0.3 is 12.4 Å². The zero-order chi connectivity index (χ0) is 17.3. The molecule has 0 saturated carbocycles. The van der Waals surface area contributed by atoms with Crippen molar-refractivity contribution in [1.29, 1.82) is 0 Å². The maximum Gasteiger partial charge on any atom is 0.317 e. The molecule has 3 aromatic rings. The second-order valence-electron chi connectivity index (χ2n) is 5.46. The molecule has 0 N–H and O–H groups in total. The normalized spacial score (nSPS) is 15.8. The van der Waals surface area contributed by atoms with Gasteiger partial charge in [-0.1, -0.05) is 30.3 Å². The van der Waals surface area contributed by atoms with Gasteiger partial charge in [0.15, 0.2) is 5.60 Å². The summed E-state index contributed by atoms with van der Waals surface area (Å²) in [6.45, 7) is 0.785. The summed E-state index contributed by atoms with van der Waals surface area (Å²) >= 11 is 0. The number of benzene rings is 1. The van der Waals surface area contributed by atoms with Gasteiger partial charge in [0.05, 0.1) is 18.8 Å². The SMILES string of the molecule is FC(F)c1nnc(-c2cnc(OC3(c4ccccc4)COC3)nc2)o1. The Morgan fingerprint density at radius 1 is 1.04 bits per heavy atom. The van der Waals surface area contributed by atoms with Crippen LogP contribution in [0.1, 0.15) is 17.9 Å². The van der Waals surface area contributed by atoms with Crippen LogP contribution >= 0.6 is 0 Å². The van der Waals surface area contributed by atoms with Gasteiger partial charge in [0.2, 0.25) is 0 Å². The van der Waals surface area contributed by atoms with E-state index in [1.54, 1.807) is 0 Å². The minimum absolute atomic E-state index is 0.0772. The molecule has 0 aliphatic carbocycles. The smallest absolute Gasteiger partial charge is 0.317 e. The number of rotatable bonds is 5. The van der Waals surface area contributed by atoms with Gasteiger partial charge in [0, 0.05) is 18.0 Å². The number of alkyl halides is 2. The van der Waals surface area contributed by atoms with Crippen LogP contribution < -0.4 is 4.74 Å². The molecular weight excluding hydrogens is 334 g/mol.